The first-order chi connectivity index (χ1) is 13.6. The number of para-hydroxylation sites is 1. The highest BCUT2D eigenvalue weighted by molar-refractivity contribution is 5.81. The Kier molecular flexibility index (Phi) is 7.06. The van der Waals surface area contributed by atoms with Gasteiger partial charge in [-0.25, -0.2) is 0 Å². The molecule has 0 saturated carbocycles. The minimum atomic E-state index is 0.0949. The number of nitrogens with one attached hydrogen (secondary N) is 1. The predicted octanol–water partition coefficient (Wildman–Crippen LogP) is 2.86. The van der Waals surface area contributed by atoms with E-state index in [0.717, 1.165) is 24.9 Å². The quantitative estimate of drug-likeness (QED) is 0.805. The van der Waals surface area contributed by atoms with Crippen LogP contribution in [0.5, 0.6) is 0 Å². The fourth-order valence-corrected chi connectivity index (χ4v) is 3.55. The van der Waals surface area contributed by atoms with Crippen molar-refractivity contribution in [3.63, 3.8) is 0 Å². The largest absolute Gasteiger partial charge is 0.365 e. The standard InChI is InChI=1S/C23H29N3O2/c1-25(21-10-6-3-7-11-21)18-23(28)26-16-14-20(15-17-26)24-22(27)13-12-19-8-4-2-5-9-19/h2-11,20H,12-18H2,1H3,(H,24,27). The van der Waals surface area contributed by atoms with Gasteiger partial charge < -0.3 is 15.1 Å². The number of amides is 2. The number of rotatable bonds is 7. The monoisotopic (exact) mass is 379 g/mol. The fourth-order valence-electron chi connectivity index (χ4n) is 3.55. The number of carbonyl (C=O) groups excluding carboxylic acids is 2. The van der Waals surface area contributed by atoms with Crippen molar-refractivity contribution in [2.24, 2.45) is 0 Å². The van der Waals surface area contributed by atoms with Crippen LogP contribution in [0, 0.1) is 0 Å². The number of hydrogen-bond donors (Lipinski definition) is 1. The van der Waals surface area contributed by atoms with E-state index in [9.17, 15) is 9.59 Å². The molecule has 2 aromatic carbocycles. The van der Waals surface area contributed by atoms with E-state index in [0.29, 0.717) is 26.1 Å². The molecule has 3 rings (SSSR count). The third kappa shape index (κ3) is 5.84. The molecule has 1 fully saturated rings. The Morgan fingerprint density at radius 1 is 1.00 bits per heavy atom. The first-order valence-corrected chi connectivity index (χ1v) is 9.99. The molecule has 2 amide bonds. The van der Waals surface area contributed by atoms with E-state index in [1.54, 1.807) is 0 Å². The van der Waals surface area contributed by atoms with E-state index in [1.165, 1.54) is 5.56 Å². The second kappa shape index (κ2) is 9.93. The van der Waals surface area contributed by atoms with Gasteiger partial charge in [-0.05, 0) is 37.0 Å². The smallest absolute Gasteiger partial charge is 0.242 e. The average Bonchev–Trinajstić information content (AvgIpc) is 2.74. The van der Waals surface area contributed by atoms with Gasteiger partial charge in [-0.1, -0.05) is 48.5 Å². The van der Waals surface area contributed by atoms with Gasteiger partial charge in [0.2, 0.25) is 11.8 Å². The Hall–Kier alpha value is -2.82. The minimum Gasteiger partial charge on any atom is -0.365 e. The number of anilines is 1. The third-order valence-electron chi connectivity index (χ3n) is 5.27. The summed E-state index contributed by atoms with van der Waals surface area (Å²) in [4.78, 5) is 28.7. The molecular formula is C23H29N3O2. The van der Waals surface area contributed by atoms with Crippen molar-refractivity contribution < 1.29 is 9.59 Å². The van der Waals surface area contributed by atoms with Gasteiger partial charge in [0.15, 0.2) is 0 Å². The highest BCUT2D eigenvalue weighted by atomic mass is 16.2. The van der Waals surface area contributed by atoms with Gasteiger partial charge in [0.1, 0.15) is 0 Å². The topological polar surface area (TPSA) is 52.7 Å². The molecule has 148 valence electrons. The molecular weight excluding hydrogens is 350 g/mol. The van der Waals surface area contributed by atoms with Crippen LogP contribution in [0.2, 0.25) is 0 Å². The van der Waals surface area contributed by atoms with Gasteiger partial charge in [-0.15, -0.1) is 0 Å². The van der Waals surface area contributed by atoms with Crippen LogP contribution in [0.3, 0.4) is 0 Å². The van der Waals surface area contributed by atoms with E-state index in [-0.39, 0.29) is 17.9 Å². The number of benzene rings is 2. The summed E-state index contributed by atoms with van der Waals surface area (Å²) < 4.78 is 0. The molecule has 0 spiro atoms. The van der Waals surface area contributed by atoms with Crippen LogP contribution >= 0.6 is 0 Å². The number of aryl methyl sites for hydroxylation is 1. The van der Waals surface area contributed by atoms with Crippen molar-refractivity contribution in [3.8, 4) is 0 Å². The summed E-state index contributed by atoms with van der Waals surface area (Å²) in [5.74, 6) is 0.234. The van der Waals surface area contributed by atoms with Gasteiger partial charge in [0.05, 0.1) is 6.54 Å². The molecule has 28 heavy (non-hydrogen) atoms. The predicted molar refractivity (Wildman–Crippen MR) is 112 cm³/mol. The zero-order chi connectivity index (χ0) is 19.8. The van der Waals surface area contributed by atoms with Crippen LogP contribution in [-0.2, 0) is 16.0 Å². The number of nitrogens with zero attached hydrogens (tertiary/aromatic N) is 2. The number of hydrogen-bond acceptors (Lipinski definition) is 3. The summed E-state index contributed by atoms with van der Waals surface area (Å²) in [5.41, 5.74) is 2.22. The molecule has 2 aromatic rings. The van der Waals surface area contributed by atoms with Gasteiger partial charge >= 0.3 is 0 Å². The average molecular weight is 380 g/mol. The van der Waals surface area contributed by atoms with Crippen molar-refractivity contribution >= 4 is 17.5 Å². The van der Waals surface area contributed by atoms with Crippen LogP contribution in [0.15, 0.2) is 60.7 Å². The summed E-state index contributed by atoms with van der Waals surface area (Å²) in [6.45, 7) is 1.77. The number of likely N-dealkylation sites (N-methyl/N-ethyl adjacent to an activating group) is 1. The Morgan fingerprint density at radius 3 is 2.25 bits per heavy atom. The Morgan fingerprint density at radius 2 is 1.61 bits per heavy atom. The summed E-state index contributed by atoms with van der Waals surface area (Å²) >= 11 is 0. The maximum absolute atomic E-state index is 12.6. The molecule has 1 heterocycles. The second-order valence-corrected chi connectivity index (χ2v) is 7.40. The summed E-state index contributed by atoms with van der Waals surface area (Å²) in [6.07, 6.45) is 2.90. The van der Waals surface area contributed by atoms with E-state index in [4.69, 9.17) is 0 Å². The number of likely N-dealkylation sites (tertiary alicyclic amines) is 1. The SMILES string of the molecule is CN(CC(=O)N1CCC(NC(=O)CCc2ccccc2)CC1)c1ccccc1. The summed E-state index contributed by atoms with van der Waals surface area (Å²) in [7, 11) is 1.94. The molecule has 1 aliphatic rings. The first-order valence-electron chi connectivity index (χ1n) is 9.99. The minimum absolute atomic E-state index is 0.0949. The lowest BCUT2D eigenvalue weighted by molar-refractivity contribution is -0.130. The lowest BCUT2D eigenvalue weighted by atomic mass is 10.0. The molecule has 0 aliphatic carbocycles. The van der Waals surface area contributed by atoms with Gasteiger partial charge in [0.25, 0.3) is 0 Å². The molecule has 5 heteroatoms. The fraction of sp³-hybridized carbons (Fsp3) is 0.391. The second-order valence-electron chi connectivity index (χ2n) is 7.40. The summed E-state index contributed by atoms with van der Waals surface area (Å²) in [6, 6.07) is 20.2. The first kappa shape index (κ1) is 19.9. The molecule has 0 unspecified atom stereocenters. The molecule has 0 radical (unpaired) electrons. The zero-order valence-corrected chi connectivity index (χ0v) is 16.5. The Labute approximate surface area is 167 Å². The molecule has 1 aliphatic heterocycles. The zero-order valence-electron chi connectivity index (χ0n) is 16.5. The lowest BCUT2D eigenvalue weighted by Crippen LogP contribution is -2.48. The van der Waals surface area contributed by atoms with Gasteiger partial charge in [-0.3, -0.25) is 9.59 Å². The molecule has 0 bridgehead atoms. The summed E-state index contributed by atoms with van der Waals surface area (Å²) in [5, 5.41) is 3.13. The van der Waals surface area contributed by atoms with Crippen molar-refractivity contribution in [1.82, 2.24) is 10.2 Å². The van der Waals surface area contributed by atoms with Gasteiger partial charge in [-0.2, -0.15) is 0 Å². The van der Waals surface area contributed by atoms with Crippen LogP contribution in [0.25, 0.3) is 0 Å². The molecule has 1 N–H and O–H groups in total. The Balaban J connectivity index is 1.38. The number of carbonyl (C=O) groups is 2. The van der Waals surface area contributed by atoms with Crippen LogP contribution in [-0.4, -0.2) is 49.4 Å². The van der Waals surface area contributed by atoms with Crippen LogP contribution < -0.4 is 10.2 Å². The van der Waals surface area contributed by atoms with E-state index >= 15 is 0 Å². The van der Waals surface area contributed by atoms with Crippen molar-refractivity contribution in [3.05, 3.63) is 66.2 Å². The van der Waals surface area contributed by atoms with Crippen molar-refractivity contribution in [2.45, 2.75) is 31.7 Å². The van der Waals surface area contributed by atoms with Crippen LogP contribution in [0.4, 0.5) is 5.69 Å². The highest BCUT2D eigenvalue weighted by Gasteiger charge is 2.24. The van der Waals surface area contributed by atoms with E-state index < -0.39 is 0 Å². The molecule has 1 saturated heterocycles. The Bertz CT molecular complexity index is 756. The molecule has 0 aromatic heterocycles. The number of piperidine rings is 1. The molecule has 0 atom stereocenters. The maximum atomic E-state index is 12.6. The van der Waals surface area contributed by atoms with E-state index in [1.807, 2.05) is 77.5 Å². The van der Waals surface area contributed by atoms with Crippen molar-refractivity contribution in [1.29, 1.82) is 0 Å². The highest BCUT2D eigenvalue weighted by Crippen LogP contribution is 2.14. The molecule has 5 nitrogen and oxygen atoms in total. The van der Waals surface area contributed by atoms with E-state index in [2.05, 4.69) is 5.32 Å². The maximum Gasteiger partial charge on any atom is 0.242 e. The van der Waals surface area contributed by atoms with Crippen LogP contribution in [0.1, 0.15) is 24.8 Å². The third-order valence-corrected chi connectivity index (χ3v) is 5.27. The normalized spacial score (nSPS) is 14.5. The van der Waals surface area contributed by atoms with Gasteiger partial charge in [0, 0.05) is 38.3 Å². The lowest BCUT2D eigenvalue weighted by Gasteiger charge is -2.33. The van der Waals surface area contributed by atoms with Crippen molar-refractivity contribution in [2.75, 3.05) is 31.6 Å².